The Hall–Kier alpha value is -3.18. The van der Waals surface area contributed by atoms with Crippen LogP contribution in [0.15, 0.2) is 81.6 Å². The van der Waals surface area contributed by atoms with E-state index in [1.807, 2.05) is 31.2 Å². The fraction of sp³-hybridized carbons (Fsp3) is 0.160. The quantitative estimate of drug-likeness (QED) is 0.275. The van der Waals surface area contributed by atoms with Crippen LogP contribution in [0.5, 0.6) is 0 Å². The number of hydrogen-bond acceptors (Lipinski definition) is 6. The van der Waals surface area contributed by atoms with Crippen LogP contribution in [0.25, 0.3) is 16.6 Å². The summed E-state index contributed by atoms with van der Waals surface area (Å²) in [6.07, 6.45) is 0. The van der Waals surface area contributed by atoms with Crippen molar-refractivity contribution in [2.24, 2.45) is 0 Å². The molecule has 0 aliphatic heterocycles. The van der Waals surface area contributed by atoms with Crippen LogP contribution in [0.2, 0.25) is 5.02 Å². The first kappa shape index (κ1) is 25.9. The molecule has 0 radical (unpaired) electrons. The highest BCUT2D eigenvalue weighted by atomic mass is 35.5. The number of anilines is 1. The van der Waals surface area contributed by atoms with Gasteiger partial charge in [0.25, 0.3) is 5.56 Å². The van der Waals surface area contributed by atoms with Crippen LogP contribution in [0.3, 0.4) is 0 Å². The third-order valence-corrected chi connectivity index (χ3v) is 8.50. The highest BCUT2D eigenvalue weighted by Crippen LogP contribution is 2.28. The lowest BCUT2D eigenvalue weighted by molar-refractivity contribution is -0.113. The molecule has 0 fully saturated rings. The Balaban J connectivity index is 1.65. The number of hydrogen-bond donors (Lipinski definition) is 1. The zero-order valence-electron chi connectivity index (χ0n) is 19.7. The second-order valence-electron chi connectivity index (χ2n) is 8.10. The third kappa shape index (κ3) is 5.17. The van der Waals surface area contributed by atoms with E-state index in [4.69, 9.17) is 11.6 Å². The van der Waals surface area contributed by atoms with E-state index < -0.39 is 15.9 Å². The number of thioether (sulfide) groups is 1. The molecule has 8 nitrogen and oxygen atoms in total. The number of carbonyl (C=O) groups excluding carboxylic acids is 1. The second kappa shape index (κ2) is 10.4. The molecule has 4 aromatic rings. The molecule has 0 unspecified atom stereocenters. The average molecular weight is 543 g/mol. The Bertz CT molecular complexity index is 1640. The van der Waals surface area contributed by atoms with Crippen LogP contribution in [-0.2, 0) is 14.8 Å². The first-order valence-corrected chi connectivity index (χ1v) is 13.6. The zero-order valence-corrected chi connectivity index (χ0v) is 22.1. The number of carbonyl (C=O) groups is 1. The van der Waals surface area contributed by atoms with Gasteiger partial charge in [0.2, 0.25) is 15.9 Å². The number of rotatable bonds is 7. The van der Waals surface area contributed by atoms with E-state index in [1.165, 1.54) is 36.9 Å². The lowest BCUT2D eigenvalue weighted by atomic mass is 10.2. The summed E-state index contributed by atoms with van der Waals surface area (Å²) >= 11 is 7.31. The summed E-state index contributed by atoms with van der Waals surface area (Å²) in [5.74, 6) is -0.516. The van der Waals surface area contributed by atoms with Crippen molar-refractivity contribution in [2.45, 2.75) is 17.0 Å². The van der Waals surface area contributed by atoms with Gasteiger partial charge in [-0.1, -0.05) is 53.7 Å². The molecule has 0 aliphatic carbocycles. The highest BCUT2D eigenvalue weighted by Gasteiger charge is 2.20. The van der Waals surface area contributed by atoms with Crippen molar-refractivity contribution < 1.29 is 13.2 Å². The fourth-order valence-corrected chi connectivity index (χ4v) is 5.42. The molecular formula is C25H23ClN4O4S2. The Kier molecular flexibility index (Phi) is 7.51. The number of benzene rings is 3. The van der Waals surface area contributed by atoms with Gasteiger partial charge in [0.05, 0.1) is 37.9 Å². The lowest BCUT2D eigenvalue weighted by Crippen LogP contribution is -2.24. The molecule has 0 bridgehead atoms. The SMILES string of the molecule is Cc1ccccc1-n1c(SCC(=O)Nc2cc(S(=O)(=O)N(C)C)ccc2Cl)nc2ccccc2c1=O. The largest absolute Gasteiger partial charge is 0.324 e. The third-order valence-electron chi connectivity index (χ3n) is 5.42. The molecular weight excluding hydrogens is 520 g/mol. The van der Waals surface area contributed by atoms with Crippen LogP contribution in [0.1, 0.15) is 5.56 Å². The van der Waals surface area contributed by atoms with Crippen molar-refractivity contribution in [3.63, 3.8) is 0 Å². The van der Waals surface area contributed by atoms with Crippen molar-refractivity contribution in [1.82, 2.24) is 13.9 Å². The first-order valence-electron chi connectivity index (χ1n) is 10.8. The van der Waals surface area contributed by atoms with Gasteiger partial charge >= 0.3 is 0 Å². The standard InChI is InChI=1S/C25H23ClN4O4S2/c1-16-8-4-7-11-22(16)30-24(32)18-9-5-6-10-20(18)28-25(30)35-15-23(31)27-21-14-17(12-13-19(21)26)36(33,34)29(2)3/h4-14H,15H2,1-3H3,(H,27,31). The van der Waals surface area contributed by atoms with E-state index >= 15 is 0 Å². The van der Waals surface area contributed by atoms with Gasteiger partial charge in [-0.15, -0.1) is 0 Å². The zero-order chi connectivity index (χ0) is 26.0. The monoisotopic (exact) mass is 542 g/mol. The summed E-state index contributed by atoms with van der Waals surface area (Å²) in [6, 6.07) is 18.6. The Morgan fingerprint density at radius 3 is 2.50 bits per heavy atom. The normalized spacial score (nSPS) is 11.7. The Morgan fingerprint density at radius 2 is 1.78 bits per heavy atom. The van der Waals surface area contributed by atoms with Crippen molar-refractivity contribution in [3.05, 3.63) is 87.7 Å². The maximum atomic E-state index is 13.4. The average Bonchev–Trinajstić information content (AvgIpc) is 2.85. The molecule has 0 saturated carbocycles. The summed E-state index contributed by atoms with van der Waals surface area (Å²) in [7, 11) is -0.863. The van der Waals surface area contributed by atoms with Gasteiger partial charge in [-0.3, -0.25) is 14.2 Å². The molecule has 4 rings (SSSR count). The maximum absolute atomic E-state index is 13.4. The second-order valence-corrected chi connectivity index (χ2v) is 11.6. The van der Waals surface area contributed by atoms with E-state index in [-0.39, 0.29) is 26.9 Å². The predicted octanol–water partition coefficient (Wildman–Crippen LogP) is 4.33. The molecule has 3 aromatic carbocycles. The lowest BCUT2D eigenvalue weighted by Gasteiger charge is -2.15. The van der Waals surface area contributed by atoms with Crippen LogP contribution >= 0.6 is 23.4 Å². The highest BCUT2D eigenvalue weighted by molar-refractivity contribution is 7.99. The minimum atomic E-state index is -3.70. The van der Waals surface area contributed by atoms with Crippen LogP contribution in [-0.4, -0.2) is 48.0 Å². The van der Waals surface area contributed by atoms with Crippen LogP contribution < -0.4 is 10.9 Å². The summed E-state index contributed by atoms with van der Waals surface area (Å²) in [4.78, 5) is 30.9. The molecule has 1 N–H and O–H groups in total. The molecule has 0 atom stereocenters. The minimum Gasteiger partial charge on any atom is -0.324 e. The number of para-hydroxylation sites is 2. The van der Waals surface area contributed by atoms with Crippen molar-refractivity contribution in [1.29, 1.82) is 0 Å². The molecule has 1 amide bonds. The van der Waals surface area contributed by atoms with Crippen molar-refractivity contribution in [2.75, 3.05) is 25.2 Å². The number of halogens is 1. The molecule has 0 saturated heterocycles. The fourth-order valence-electron chi connectivity index (χ4n) is 3.52. The van der Waals surface area contributed by atoms with Gasteiger partial charge < -0.3 is 5.32 Å². The molecule has 0 aliphatic rings. The number of nitrogens with zero attached hydrogens (tertiary/aromatic N) is 3. The number of fused-ring (bicyclic) bond motifs is 1. The summed E-state index contributed by atoms with van der Waals surface area (Å²) in [5, 5.41) is 3.70. The topological polar surface area (TPSA) is 101 Å². The number of amides is 1. The minimum absolute atomic E-state index is 0.00411. The van der Waals surface area contributed by atoms with Gasteiger partial charge in [0.1, 0.15) is 0 Å². The van der Waals surface area contributed by atoms with Gasteiger partial charge in [-0.2, -0.15) is 0 Å². The van der Waals surface area contributed by atoms with Crippen molar-refractivity contribution >= 4 is 55.9 Å². The van der Waals surface area contributed by atoms with Gasteiger partial charge in [-0.05, 0) is 48.9 Å². The summed E-state index contributed by atoms with van der Waals surface area (Å²) in [6.45, 7) is 1.90. The predicted molar refractivity (Wildman–Crippen MR) is 144 cm³/mol. The smallest absolute Gasteiger partial charge is 0.266 e. The molecule has 1 heterocycles. The van der Waals surface area contributed by atoms with Crippen LogP contribution in [0.4, 0.5) is 5.69 Å². The van der Waals surface area contributed by atoms with E-state index in [9.17, 15) is 18.0 Å². The number of aromatic nitrogens is 2. The van der Waals surface area contributed by atoms with E-state index in [1.54, 1.807) is 24.3 Å². The van der Waals surface area contributed by atoms with Crippen LogP contribution in [0, 0.1) is 6.92 Å². The molecule has 11 heteroatoms. The molecule has 186 valence electrons. The Labute approximate surface area is 218 Å². The summed E-state index contributed by atoms with van der Waals surface area (Å²) in [5.41, 5.74) is 2.03. The number of nitrogens with one attached hydrogen (secondary N) is 1. The first-order chi connectivity index (χ1) is 17.1. The van der Waals surface area contributed by atoms with Gasteiger partial charge in [-0.25, -0.2) is 17.7 Å². The van der Waals surface area contributed by atoms with Gasteiger partial charge in [0.15, 0.2) is 5.16 Å². The maximum Gasteiger partial charge on any atom is 0.266 e. The molecule has 1 aromatic heterocycles. The molecule has 0 spiro atoms. The van der Waals surface area contributed by atoms with E-state index in [2.05, 4.69) is 10.3 Å². The van der Waals surface area contributed by atoms with E-state index in [0.717, 1.165) is 21.6 Å². The van der Waals surface area contributed by atoms with Crippen molar-refractivity contribution in [3.8, 4) is 5.69 Å². The Morgan fingerprint density at radius 1 is 1.08 bits per heavy atom. The van der Waals surface area contributed by atoms with Gasteiger partial charge in [0, 0.05) is 14.1 Å². The number of sulfonamides is 1. The number of aryl methyl sites for hydroxylation is 1. The summed E-state index contributed by atoms with van der Waals surface area (Å²) < 4.78 is 27.5. The molecule has 36 heavy (non-hydrogen) atoms. The van der Waals surface area contributed by atoms with E-state index in [0.29, 0.717) is 21.7 Å².